The van der Waals surface area contributed by atoms with E-state index in [1.807, 2.05) is 6.07 Å². The van der Waals surface area contributed by atoms with Gasteiger partial charge in [-0.2, -0.15) is 5.26 Å². The first-order valence-corrected chi connectivity index (χ1v) is 2.77. The molecule has 9 heavy (non-hydrogen) atoms. The normalized spacial score (nSPS) is 12.6. The fourth-order valence-electron chi connectivity index (χ4n) is 0.324. The van der Waals surface area contributed by atoms with Crippen LogP contribution in [-0.2, 0) is 4.74 Å². The molecule has 0 saturated carbocycles. The van der Waals surface area contributed by atoms with Crippen LogP contribution >= 0.6 is 0 Å². The van der Waals surface area contributed by atoms with Gasteiger partial charge in [0.1, 0.15) is 0 Å². The van der Waals surface area contributed by atoms with Gasteiger partial charge in [-0.05, 0) is 13.3 Å². The van der Waals surface area contributed by atoms with E-state index in [0.717, 1.165) is 0 Å². The summed E-state index contributed by atoms with van der Waals surface area (Å²) in [5, 5.41) is 16.7. The summed E-state index contributed by atoms with van der Waals surface area (Å²) in [5.74, 6) is 0. The third-order valence-electron chi connectivity index (χ3n) is 0.771. The zero-order chi connectivity index (χ0) is 7.11. The minimum absolute atomic E-state index is 0.285. The average Bonchev–Trinajstić information content (AvgIpc) is 1.89. The lowest BCUT2D eigenvalue weighted by Crippen LogP contribution is -2.10. The standard InChI is InChI=1S/C6H10NO2/c1-2-6(8)9-5-3-4-7/h6,8H,1-3,5H2. The Hall–Kier alpha value is -0.590. The number of hydrogen-bond donors (Lipinski definition) is 1. The summed E-state index contributed by atoms with van der Waals surface area (Å²) in [6, 6.07) is 1.89. The molecule has 0 amide bonds. The Kier molecular flexibility index (Phi) is 5.18. The van der Waals surface area contributed by atoms with E-state index in [1.165, 1.54) is 0 Å². The smallest absolute Gasteiger partial charge is 0.154 e. The SMILES string of the molecule is [CH2]CC(O)OCCC#N. The second kappa shape index (κ2) is 5.54. The zero-order valence-corrected chi connectivity index (χ0v) is 5.21. The second-order valence-electron chi connectivity index (χ2n) is 1.52. The Morgan fingerprint density at radius 1 is 1.78 bits per heavy atom. The van der Waals surface area contributed by atoms with E-state index in [4.69, 9.17) is 15.1 Å². The first-order chi connectivity index (χ1) is 4.31. The molecular formula is C6H10NO2. The van der Waals surface area contributed by atoms with Gasteiger partial charge < -0.3 is 9.84 Å². The van der Waals surface area contributed by atoms with E-state index in [9.17, 15) is 0 Å². The summed E-state index contributed by atoms with van der Waals surface area (Å²) in [6.45, 7) is 3.69. The molecular weight excluding hydrogens is 118 g/mol. The van der Waals surface area contributed by atoms with Crippen LogP contribution in [0.3, 0.4) is 0 Å². The molecule has 51 valence electrons. The number of nitriles is 1. The lowest BCUT2D eigenvalue weighted by atomic mass is 10.4. The van der Waals surface area contributed by atoms with Crippen molar-refractivity contribution in [1.29, 1.82) is 5.26 Å². The summed E-state index contributed by atoms with van der Waals surface area (Å²) >= 11 is 0. The van der Waals surface area contributed by atoms with Gasteiger partial charge in [0.2, 0.25) is 0 Å². The number of aliphatic hydroxyl groups is 1. The Morgan fingerprint density at radius 2 is 2.44 bits per heavy atom. The Bertz CT molecular complexity index is 97.7. The van der Waals surface area contributed by atoms with Crippen LogP contribution in [0.5, 0.6) is 0 Å². The van der Waals surface area contributed by atoms with E-state index in [0.29, 0.717) is 12.8 Å². The van der Waals surface area contributed by atoms with Crippen molar-refractivity contribution in [2.45, 2.75) is 19.1 Å². The van der Waals surface area contributed by atoms with E-state index >= 15 is 0 Å². The molecule has 0 bridgehead atoms. The highest BCUT2D eigenvalue weighted by atomic mass is 16.6. The molecule has 1 atom stereocenters. The lowest BCUT2D eigenvalue weighted by Gasteiger charge is -2.05. The Morgan fingerprint density at radius 3 is 2.89 bits per heavy atom. The van der Waals surface area contributed by atoms with Crippen molar-refractivity contribution in [3.63, 3.8) is 0 Å². The summed E-state index contributed by atoms with van der Waals surface area (Å²) in [4.78, 5) is 0. The summed E-state index contributed by atoms with van der Waals surface area (Å²) in [6.07, 6.45) is -0.166. The molecule has 0 rings (SSSR count). The van der Waals surface area contributed by atoms with Crippen LogP contribution in [0.25, 0.3) is 0 Å². The molecule has 0 heterocycles. The third kappa shape index (κ3) is 5.28. The average molecular weight is 128 g/mol. The van der Waals surface area contributed by atoms with Crippen LogP contribution in [-0.4, -0.2) is 18.0 Å². The number of rotatable bonds is 4. The first kappa shape index (κ1) is 8.41. The van der Waals surface area contributed by atoms with Crippen LogP contribution < -0.4 is 0 Å². The van der Waals surface area contributed by atoms with Crippen LogP contribution in [0.4, 0.5) is 0 Å². The molecule has 0 aliphatic heterocycles. The van der Waals surface area contributed by atoms with Crippen LogP contribution in [0.1, 0.15) is 12.8 Å². The van der Waals surface area contributed by atoms with Crippen molar-refractivity contribution in [2.24, 2.45) is 0 Å². The van der Waals surface area contributed by atoms with Gasteiger partial charge in [-0.3, -0.25) is 0 Å². The first-order valence-electron chi connectivity index (χ1n) is 2.77. The quantitative estimate of drug-likeness (QED) is 0.442. The predicted molar refractivity (Wildman–Crippen MR) is 32.2 cm³/mol. The van der Waals surface area contributed by atoms with E-state index in [1.54, 1.807) is 0 Å². The molecule has 0 aromatic heterocycles. The molecule has 0 aliphatic carbocycles. The lowest BCUT2D eigenvalue weighted by molar-refractivity contribution is -0.0943. The zero-order valence-electron chi connectivity index (χ0n) is 5.21. The highest BCUT2D eigenvalue weighted by Crippen LogP contribution is 1.91. The second-order valence-corrected chi connectivity index (χ2v) is 1.52. The number of ether oxygens (including phenoxy) is 1. The van der Waals surface area contributed by atoms with Crippen molar-refractivity contribution < 1.29 is 9.84 Å². The minimum atomic E-state index is -0.807. The van der Waals surface area contributed by atoms with Crippen LogP contribution in [0.15, 0.2) is 0 Å². The summed E-state index contributed by atoms with van der Waals surface area (Å²) in [7, 11) is 0. The van der Waals surface area contributed by atoms with Crippen molar-refractivity contribution in [2.75, 3.05) is 6.61 Å². The number of aliphatic hydroxyl groups excluding tert-OH is 1. The molecule has 3 heteroatoms. The van der Waals surface area contributed by atoms with Crippen molar-refractivity contribution in [3.05, 3.63) is 6.92 Å². The van der Waals surface area contributed by atoms with E-state index < -0.39 is 6.29 Å². The van der Waals surface area contributed by atoms with Crippen molar-refractivity contribution in [3.8, 4) is 6.07 Å². The van der Waals surface area contributed by atoms with Gasteiger partial charge >= 0.3 is 0 Å². The maximum absolute atomic E-state index is 8.69. The molecule has 0 fully saturated rings. The van der Waals surface area contributed by atoms with Crippen molar-refractivity contribution in [1.82, 2.24) is 0 Å². The van der Waals surface area contributed by atoms with Gasteiger partial charge in [0.25, 0.3) is 0 Å². The van der Waals surface area contributed by atoms with Gasteiger partial charge in [-0.15, -0.1) is 0 Å². The third-order valence-corrected chi connectivity index (χ3v) is 0.771. The van der Waals surface area contributed by atoms with Gasteiger partial charge in [0.15, 0.2) is 6.29 Å². The largest absolute Gasteiger partial charge is 0.368 e. The summed E-state index contributed by atoms with van der Waals surface area (Å²) in [5.41, 5.74) is 0. The molecule has 0 aromatic rings. The summed E-state index contributed by atoms with van der Waals surface area (Å²) < 4.78 is 4.70. The van der Waals surface area contributed by atoms with Gasteiger partial charge in [-0.1, -0.05) is 0 Å². The van der Waals surface area contributed by atoms with Gasteiger partial charge in [-0.25, -0.2) is 0 Å². The van der Waals surface area contributed by atoms with Crippen LogP contribution in [0, 0.1) is 18.3 Å². The molecule has 0 aromatic carbocycles. The molecule has 0 spiro atoms. The maximum Gasteiger partial charge on any atom is 0.154 e. The van der Waals surface area contributed by atoms with Gasteiger partial charge in [0, 0.05) is 0 Å². The minimum Gasteiger partial charge on any atom is -0.368 e. The Labute approximate surface area is 54.9 Å². The predicted octanol–water partition coefficient (Wildman–Crippen LogP) is 0.459. The maximum atomic E-state index is 8.69. The topological polar surface area (TPSA) is 53.2 Å². The molecule has 0 aliphatic rings. The van der Waals surface area contributed by atoms with Gasteiger partial charge in [0.05, 0.1) is 19.1 Å². The molecule has 1 radical (unpaired) electrons. The molecule has 1 N–H and O–H groups in total. The molecule has 1 unspecified atom stereocenters. The molecule has 3 nitrogen and oxygen atoms in total. The number of hydrogen-bond acceptors (Lipinski definition) is 3. The fourth-order valence-corrected chi connectivity index (χ4v) is 0.324. The highest BCUT2D eigenvalue weighted by molar-refractivity contribution is 4.67. The van der Waals surface area contributed by atoms with E-state index in [-0.39, 0.29) is 6.61 Å². The Balaban J connectivity index is 2.99. The molecule has 0 saturated heterocycles. The van der Waals surface area contributed by atoms with Crippen molar-refractivity contribution >= 4 is 0 Å². The number of nitrogens with zero attached hydrogens (tertiary/aromatic N) is 1. The highest BCUT2D eigenvalue weighted by Gasteiger charge is 1.96. The fraction of sp³-hybridized carbons (Fsp3) is 0.667. The van der Waals surface area contributed by atoms with Crippen LogP contribution in [0.2, 0.25) is 0 Å². The monoisotopic (exact) mass is 128 g/mol. The van der Waals surface area contributed by atoms with E-state index in [2.05, 4.69) is 6.92 Å².